The van der Waals surface area contributed by atoms with Crippen LogP contribution in [0.3, 0.4) is 0 Å². The average Bonchev–Trinajstić information content (AvgIpc) is 2.70. The second kappa shape index (κ2) is 3.33. The number of carbonyl (C=O) groups is 1. The second-order valence-electron chi connectivity index (χ2n) is 3.68. The summed E-state index contributed by atoms with van der Waals surface area (Å²) in [6, 6.07) is 0. The molecule has 1 aliphatic heterocycles. The molecule has 1 aliphatic carbocycles. The van der Waals surface area contributed by atoms with Crippen LogP contribution in [0.15, 0.2) is 4.99 Å². The first-order chi connectivity index (χ1) is 6.24. The zero-order valence-corrected chi connectivity index (χ0v) is 8.80. The van der Waals surface area contributed by atoms with Gasteiger partial charge in [-0.05, 0) is 18.6 Å². The molecule has 3 nitrogen and oxygen atoms in total. The van der Waals surface area contributed by atoms with Gasteiger partial charge in [-0.15, -0.1) is 0 Å². The average molecular weight is 198 g/mol. The number of amides is 1. The summed E-state index contributed by atoms with van der Waals surface area (Å²) in [5.74, 6) is 1.17. The van der Waals surface area contributed by atoms with Gasteiger partial charge in [-0.3, -0.25) is 14.7 Å². The summed E-state index contributed by atoms with van der Waals surface area (Å²) < 4.78 is 0. The van der Waals surface area contributed by atoms with Crippen molar-refractivity contribution in [3.63, 3.8) is 0 Å². The summed E-state index contributed by atoms with van der Waals surface area (Å²) in [5.41, 5.74) is 0. The molecule has 13 heavy (non-hydrogen) atoms. The molecule has 2 atom stereocenters. The maximum Gasteiger partial charge on any atom is 0.231 e. The number of thioether (sulfide) groups is 1. The lowest BCUT2D eigenvalue weighted by molar-refractivity contribution is -0.128. The van der Waals surface area contributed by atoms with Crippen molar-refractivity contribution >= 4 is 22.8 Å². The number of rotatable bonds is 1. The van der Waals surface area contributed by atoms with Crippen LogP contribution >= 0.6 is 11.8 Å². The Morgan fingerprint density at radius 1 is 1.69 bits per heavy atom. The topological polar surface area (TPSA) is 32.7 Å². The fraction of sp³-hybridized carbons (Fsp3) is 0.778. The molecule has 0 radical (unpaired) electrons. The molecule has 2 rings (SSSR count). The molecule has 1 amide bonds. The Morgan fingerprint density at radius 3 is 2.92 bits per heavy atom. The van der Waals surface area contributed by atoms with Crippen molar-refractivity contribution in [1.82, 2.24) is 4.90 Å². The van der Waals surface area contributed by atoms with Gasteiger partial charge in [-0.1, -0.05) is 18.7 Å². The van der Waals surface area contributed by atoms with Gasteiger partial charge in [0.15, 0.2) is 5.17 Å². The summed E-state index contributed by atoms with van der Waals surface area (Å²) in [4.78, 5) is 17.9. The summed E-state index contributed by atoms with van der Waals surface area (Å²) in [5, 5.41) is 0.907. The third-order valence-corrected chi connectivity index (χ3v) is 3.39. The molecule has 2 unspecified atom stereocenters. The Morgan fingerprint density at radius 2 is 2.38 bits per heavy atom. The van der Waals surface area contributed by atoms with Gasteiger partial charge < -0.3 is 0 Å². The lowest BCUT2D eigenvalue weighted by Gasteiger charge is -2.16. The number of carbonyl (C=O) groups excluding carboxylic acids is 1. The Hall–Kier alpha value is -0.510. The van der Waals surface area contributed by atoms with Crippen LogP contribution < -0.4 is 0 Å². The van der Waals surface area contributed by atoms with Crippen molar-refractivity contribution in [1.29, 1.82) is 0 Å². The molecule has 0 bridgehead atoms. The second-order valence-corrected chi connectivity index (χ2v) is 4.45. The minimum atomic E-state index is 0.287. The summed E-state index contributed by atoms with van der Waals surface area (Å²) in [6.45, 7) is 3.70. The van der Waals surface area contributed by atoms with E-state index in [1.807, 2.05) is 11.2 Å². The first-order valence-electron chi connectivity index (χ1n) is 4.64. The normalized spacial score (nSPS) is 31.8. The highest BCUT2D eigenvalue weighted by Crippen LogP contribution is 2.39. The number of nitrogens with zero attached hydrogens (tertiary/aromatic N) is 2. The maximum absolute atomic E-state index is 11.8. The predicted molar refractivity (Wildman–Crippen MR) is 54.8 cm³/mol. The van der Waals surface area contributed by atoms with E-state index >= 15 is 0 Å². The molecule has 0 aromatic carbocycles. The van der Waals surface area contributed by atoms with Gasteiger partial charge in [0.25, 0.3) is 0 Å². The van der Waals surface area contributed by atoms with E-state index in [9.17, 15) is 4.79 Å². The molecule has 1 heterocycles. The number of aliphatic imine (C=N–C) groups is 1. The summed E-state index contributed by atoms with van der Waals surface area (Å²) in [6.07, 6.45) is 3.04. The molecule has 0 aromatic rings. The van der Waals surface area contributed by atoms with Crippen molar-refractivity contribution in [2.75, 3.05) is 19.3 Å². The highest BCUT2D eigenvalue weighted by atomic mass is 32.2. The van der Waals surface area contributed by atoms with Crippen molar-refractivity contribution in [2.24, 2.45) is 16.8 Å². The number of hydrogen-bond acceptors (Lipinski definition) is 3. The lowest BCUT2D eigenvalue weighted by atomic mass is 10.3. The minimum Gasteiger partial charge on any atom is -0.289 e. The van der Waals surface area contributed by atoms with Crippen LogP contribution in [0.2, 0.25) is 0 Å². The molecular formula is C9H14N2OS. The van der Waals surface area contributed by atoms with Crippen LogP contribution in [-0.2, 0) is 4.79 Å². The van der Waals surface area contributed by atoms with Crippen LogP contribution in [0.1, 0.15) is 13.3 Å². The fourth-order valence-corrected chi connectivity index (χ4v) is 2.29. The molecule has 4 heteroatoms. The van der Waals surface area contributed by atoms with Gasteiger partial charge in [-0.2, -0.15) is 0 Å². The van der Waals surface area contributed by atoms with Crippen LogP contribution in [0.5, 0.6) is 0 Å². The summed E-state index contributed by atoms with van der Waals surface area (Å²) in [7, 11) is 0. The molecule has 0 N–H and O–H groups in total. The fourth-order valence-electron chi connectivity index (χ4n) is 1.67. The van der Waals surface area contributed by atoms with Gasteiger partial charge in [0.05, 0.1) is 6.54 Å². The van der Waals surface area contributed by atoms with Gasteiger partial charge in [-0.25, -0.2) is 0 Å². The zero-order valence-electron chi connectivity index (χ0n) is 7.99. The van der Waals surface area contributed by atoms with Crippen molar-refractivity contribution in [3.05, 3.63) is 0 Å². The molecular weight excluding hydrogens is 184 g/mol. The van der Waals surface area contributed by atoms with E-state index in [4.69, 9.17) is 0 Å². The minimum absolute atomic E-state index is 0.287. The van der Waals surface area contributed by atoms with E-state index in [0.717, 1.165) is 24.7 Å². The lowest BCUT2D eigenvalue weighted by Crippen LogP contribution is -2.34. The van der Waals surface area contributed by atoms with Crippen LogP contribution in [0, 0.1) is 11.8 Å². The van der Waals surface area contributed by atoms with Crippen LogP contribution in [0.4, 0.5) is 0 Å². The van der Waals surface area contributed by atoms with E-state index < -0.39 is 0 Å². The molecule has 0 aromatic heterocycles. The molecule has 0 spiro atoms. The van der Waals surface area contributed by atoms with Gasteiger partial charge in [0.1, 0.15) is 0 Å². The van der Waals surface area contributed by atoms with Gasteiger partial charge in [0.2, 0.25) is 5.91 Å². The highest BCUT2D eigenvalue weighted by Gasteiger charge is 2.43. The Bertz CT molecular complexity index is 264. The quantitative estimate of drug-likeness (QED) is 0.634. The molecule has 72 valence electrons. The standard InChI is InChI=1S/C9H14N2OS/c1-6-5-7(6)8(12)11-4-3-10-9(11)13-2/h6-7H,3-5H2,1-2H3. The van der Waals surface area contributed by atoms with Gasteiger partial charge in [0, 0.05) is 12.5 Å². The molecule has 0 saturated heterocycles. The highest BCUT2D eigenvalue weighted by molar-refractivity contribution is 8.13. The van der Waals surface area contributed by atoms with E-state index in [-0.39, 0.29) is 11.8 Å². The van der Waals surface area contributed by atoms with Crippen LogP contribution in [-0.4, -0.2) is 35.3 Å². The Labute approximate surface area is 82.6 Å². The zero-order chi connectivity index (χ0) is 9.42. The number of amidine groups is 1. The molecule has 2 aliphatic rings. The Balaban J connectivity index is 2.01. The van der Waals surface area contributed by atoms with Crippen molar-refractivity contribution in [2.45, 2.75) is 13.3 Å². The van der Waals surface area contributed by atoms with Crippen LogP contribution in [0.25, 0.3) is 0 Å². The maximum atomic E-state index is 11.8. The third-order valence-electron chi connectivity index (χ3n) is 2.68. The van der Waals surface area contributed by atoms with Gasteiger partial charge >= 0.3 is 0 Å². The smallest absolute Gasteiger partial charge is 0.231 e. The SMILES string of the molecule is CSC1=NCCN1C(=O)C1CC1C. The van der Waals surface area contributed by atoms with E-state index in [1.54, 1.807) is 11.8 Å². The first-order valence-corrected chi connectivity index (χ1v) is 5.86. The monoisotopic (exact) mass is 198 g/mol. The van der Waals surface area contributed by atoms with Crippen molar-refractivity contribution < 1.29 is 4.79 Å². The Kier molecular flexibility index (Phi) is 2.32. The van der Waals surface area contributed by atoms with E-state index in [2.05, 4.69) is 11.9 Å². The number of hydrogen-bond donors (Lipinski definition) is 0. The third kappa shape index (κ3) is 1.59. The first kappa shape index (κ1) is 9.06. The largest absolute Gasteiger partial charge is 0.289 e. The molecule has 1 fully saturated rings. The predicted octanol–water partition coefficient (Wildman–Crippen LogP) is 1.20. The van der Waals surface area contributed by atoms with E-state index in [0.29, 0.717) is 5.92 Å². The molecule has 1 saturated carbocycles. The van der Waals surface area contributed by atoms with E-state index in [1.165, 1.54) is 0 Å². The van der Waals surface area contributed by atoms with Crippen molar-refractivity contribution in [3.8, 4) is 0 Å². The summed E-state index contributed by atoms with van der Waals surface area (Å²) >= 11 is 1.57.